The lowest BCUT2D eigenvalue weighted by Crippen LogP contribution is -2.43. The van der Waals surface area contributed by atoms with Gasteiger partial charge in [0.05, 0.1) is 16.2 Å². The number of benzene rings is 1. The number of aromatic nitrogens is 2. The molecule has 0 bridgehead atoms. The summed E-state index contributed by atoms with van der Waals surface area (Å²) in [5.41, 5.74) is 0.310. The van der Waals surface area contributed by atoms with Crippen LogP contribution in [0.5, 0.6) is 0 Å². The summed E-state index contributed by atoms with van der Waals surface area (Å²) in [6.45, 7) is 0.983. The normalized spacial score (nSPS) is 26.5. The molecular weight excluding hydrogens is 389 g/mol. The maximum Gasteiger partial charge on any atom is 0.274 e. The van der Waals surface area contributed by atoms with Crippen molar-refractivity contribution in [3.05, 3.63) is 64.9 Å². The number of likely N-dealkylation sites (tertiary alicyclic amines) is 1. The van der Waals surface area contributed by atoms with Crippen molar-refractivity contribution in [3.8, 4) is 10.6 Å². The Morgan fingerprint density at radius 3 is 2.93 bits per heavy atom. The van der Waals surface area contributed by atoms with E-state index >= 15 is 0 Å². The third-order valence-corrected chi connectivity index (χ3v) is 7.30. The Hall–Kier alpha value is -2.51. The van der Waals surface area contributed by atoms with Crippen LogP contribution in [0, 0.1) is 17.7 Å². The van der Waals surface area contributed by atoms with E-state index in [9.17, 15) is 14.3 Å². The Morgan fingerprint density at radius 2 is 2.14 bits per heavy atom. The van der Waals surface area contributed by atoms with E-state index in [0.29, 0.717) is 30.8 Å². The largest absolute Gasteiger partial charge is 0.385 e. The fraction of sp³-hybridized carbons (Fsp3) is 0.364. The van der Waals surface area contributed by atoms with Crippen LogP contribution in [0.25, 0.3) is 10.6 Å². The number of nitrogens with one attached hydrogen (secondary N) is 1. The van der Waals surface area contributed by atoms with E-state index in [4.69, 9.17) is 0 Å². The van der Waals surface area contributed by atoms with Crippen LogP contribution < -0.4 is 0 Å². The Morgan fingerprint density at radius 1 is 1.28 bits per heavy atom. The molecule has 150 valence electrons. The van der Waals surface area contributed by atoms with Gasteiger partial charge in [0.2, 0.25) is 0 Å². The molecule has 1 saturated heterocycles. The zero-order valence-electron chi connectivity index (χ0n) is 15.8. The molecule has 0 spiro atoms. The summed E-state index contributed by atoms with van der Waals surface area (Å²) in [6, 6.07) is 12.2. The van der Waals surface area contributed by atoms with Gasteiger partial charge in [0.1, 0.15) is 5.82 Å². The molecule has 0 unspecified atom stereocenters. The summed E-state index contributed by atoms with van der Waals surface area (Å²) in [7, 11) is 0. The van der Waals surface area contributed by atoms with Gasteiger partial charge in [-0.25, -0.2) is 4.39 Å². The van der Waals surface area contributed by atoms with Crippen LogP contribution in [0.3, 0.4) is 0 Å². The van der Waals surface area contributed by atoms with Gasteiger partial charge in [0.15, 0.2) is 5.69 Å². The number of hydrogen-bond donors (Lipinski definition) is 2. The summed E-state index contributed by atoms with van der Waals surface area (Å²) in [5, 5.41) is 20.6. The molecule has 1 aliphatic carbocycles. The van der Waals surface area contributed by atoms with E-state index in [2.05, 4.69) is 10.2 Å². The summed E-state index contributed by atoms with van der Waals surface area (Å²) >= 11 is 1.58. The second-order valence-corrected chi connectivity index (χ2v) is 8.96. The average molecular weight is 412 g/mol. The molecular formula is C22H22FN3O2S. The SMILES string of the molecule is O=C(c1cc(-c2cccs2)[nH]n1)N1C[C@H]2CCC[C@@](O)(c3ccccc3F)[C@H]2C1. The van der Waals surface area contributed by atoms with E-state index in [0.717, 1.165) is 23.4 Å². The van der Waals surface area contributed by atoms with Crippen molar-refractivity contribution in [2.24, 2.45) is 11.8 Å². The molecule has 29 heavy (non-hydrogen) atoms. The Balaban J connectivity index is 1.39. The number of hydrogen-bond acceptors (Lipinski definition) is 4. The summed E-state index contributed by atoms with van der Waals surface area (Å²) < 4.78 is 14.5. The molecule has 3 atom stereocenters. The van der Waals surface area contributed by atoms with Gasteiger partial charge < -0.3 is 10.0 Å². The number of amides is 1. The second kappa shape index (κ2) is 7.07. The van der Waals surface area contributed by atoms with Gasteiger partial charge in [0.25, 0.3) is 5.91 Å². The number of rotatable bonds is 3. The molecule has 5 rings (SSSR count). The van der Waals surface area contributed by atoms with Gasteiger partial charge in [-0.2, -0.15) is 5.10 Å². The third-order valence-electron chi connectivity index (χ3n) is 6.40. The van der Waals surface area contributed by atoms with Crippen molar-refractivity contribution in [2.45, 2.75) is 24.9 Å². The fourth-order valence-electron chi connectivity index (χ4n) is 4.99. The highest BCUT2D eigenvalue weighted by molar-refractivity contribution is 7.13. The molecule has 0 radical (unpaired) electrons. The van der Waals surface area contributed by atoms with E-state index in [1.165, 1.54) is 6.07 Å². The van der Waals surface area contributed by atoms with Crippen molar-refractivity contribution < 1.29 is 14.3 Å². The zero-order valence-corrected chi connectivity index (χ0v) is 16.7. The van der Waals surface area contributed by atoms with E-state index in [-0.39, 0.29) is 23.6 Å². The highest BCUT2D eigenvalue weighted by Gasteiger charge is 2.51. The first-order chi connectivity index (χ1) is 14.1. The second-order valence-electron chi connectivity index (χ2n) is 8.02. The topological polar surface area (TPSA) is 69.2 Å². The molecule has 3 heterocycles. The number of thiophene rings is 1. The Kier molecular flexibility index (Phi) is 4.52. The Bertz CT molecular complexity index is 1030. The maximum absolute atomic E-state index is 14.5. The number of fused-ring (bicyclic) bond motifs is 1. The molecule has 2 aliphatic rings. The molecule has 2 fully saturated rings. The zero-order chi connectivity index (χ0) is 20.0. The quantitative estimate of drug-likeness (QED) is 0.684. The predicted octanol–water partition coefficient (Wildman–Crippen LogP) is 4.04. The molecule has 3 aromatic rings. The molecule has 1 amide bonds. The minimum absolute atomic E-state index is 0.144. The van der Waals surface area contributed by atoms with E-state index < -0.39 is 5.60 Å². The van der Waals surface area contributed by atoms with Gasteiger partial charge in [-0.05, 0) is 48.8 Å². The maximum atomic E-state index is 14.5. The lowest BCUT2D eigenvalue weighted by Gasteiger charge is -2.41. The van der Waals surface area contributed by atoms with Gasteiger partial charge in [-0.1, -0.05) is 24.3 Å². The van der Waals surface area contributed by atoms with Crippen LogP contribution in [-0.4, -0.2) is 39.2 Å². The third kappa shape index (κ3) is 3.09. The molecule has 7 heteroatoms. The molecule has 1 saturated carbocycles. The summed E-state index contributed by atoms with van der Waals surface area (Å²) in [5.74, 6) is -0.538. The van der Waals surface area contributed by atoms with Crippen molar-refractivity contribution >= 4 is 17.2 Å². The monoisotopic (exact) mass is 411 g/mol. The average Bonchev–Trinajstić information content (AvgIpc) is 3.47. The minimum Gasteiger partial charge on any atom is -0.385 e. The standard InChI is InChI=1S/C22H22FN3O2S/c23-17-7-2-1-6-15(17)22(28)9-3-5-14-12-26(13-16(14)22)21(27)19-11-18(24-25-19)20-8-4-10-29-20/h1-2,4,6-8,10-11,14,16,28H,3,5,9,12-13H2,(H,24,25)/t14-,16+,22-/m1/s1. The van der Waals surface area contributed by atoms with Crippen molar-refractivity contribution in [1.82, 2.24) is 15.1 Å². The highest BCUT2D eigenvalue weighted by Crippen LogP contribution is 2.49. The number of aromatic amines is 1. The number of nitrogens with zero attached hydrogens (tertiary/aromatic N) is 2. The van der Waals surface area contributed by atoms with Crippen molar-refractivity contribution in [2.75, 3.05) is 13.1 Å². The predicted molar refractivity (Wildman–Crippen MR) is 109 cm³/mol. The van der Waals surface area contributed by atoms with Crippen LogP contribution in [0.2, 0.25) is 0 Å². The van der Waals surface area contributed by atoms with Gasteiger partial charge in [-0.15, -0.1) is 11.3 Å². The highest BCUT2D eigenvalue weighted by atomic mass is 32.1. The molecule has 1 aliphatic heterocycles. The Labute approximate surface area is 172 Å². The number of halogens is 1. The number of aliphatic hydroxyl groups is 1. The van der Waals surface area contributed by atoms with Crippen LogP contribution in [-0.2, 0) is 5.60 Å². The minimum atomic E-state index is -1.24. The molecule has 5 nitrogen and oxygen atoms in total. The molecule has 2 N–H and O–H groups in total. The summed E-state index contributed by atoms with van der Waals surface area (Å²) in [4.78, 5) is 15.9. The van der Waals surface area contributed by atoms with Crippen molar-refractivity contribution in [3.63, 3.8) is 0 Å². The molecule has 2 aromatic heterocycles. The summed E-state index contributed by atoms with van der Waals surface area (Å²) in [6.07, 6.45) is 2.27. The van der Waals surface area contributed by atoms with Crippen LogP contribution in [0.1, 0.15) is 35.3 Å². The van der Waals surface area contributed by atoms with Crippen molar-refractivity contribution in [1.29, 1.82) is 0 Å². The first-order valence-electron chi connectivity index (χ1n) is 9.92. The van der Waals surface area contributed by atoms with Crippen LogP contribution in [0.15, 0.2) is 47.8 Å². The van der Waals surface area contributed by atoms with Gasteiger partial charge in [-0.3, -0.25) is 9.89 Å². The van der Waals surface area contributed by atoms with E-state index in [1.54, 1.807) is 40.5 Å². The van der Waals surface area contributed by atoms with E-state index in [1.807, 2.05) is 17.5 Å². The number of H-pyrrole nitrogens is 1. The number of carbonyl (C=O) groups excluding carboxylic acids is 1. The fourth-order valence-corrected chi connectivity index (χ4v) is 5.68. The number of carbonyl (C=O) groups is 1. The molecule has 1 aromatic carbocycles. The lowest BCUT2D eigenvalue weighted by atomic mass is 9.67. The van der Waals surface area contributed by atoms with Crippen LogP contribution in [0.4, 0.5) is 4.39 Å². The first kappa shape index (κ1) is 18.5. The van der Waals surface area contributed by atoms with Crippen LogP contribution >= 0.6 is 11.3 Å². The van der Waals surface area contributed by atoms with Gasteiger partial charge >= 0.3 is 0 Å². The van der Waals surface area contributed by atoms with Gasteiger partial charge in [0, 0.05) is 24.6 Å². The lowest BCUT2D eigenvalue weighted by molar-refractivity contribution is -0.0668. The smallest absolute Gasteiger partial charge is 0.274 e. The first-order valence-corrected chi connectivity index (χ1v) is 10.8.